The number of Topliss-reactive ketones (excluding diaryl/α,β-unsaturated/α-hetero) is 1. The Balaban J connectivity index is 1.42. The number of nitrogens with zero attached hydrogens (tertiary/aromatic N) is 2. The number of likely N-dealkylation sites (tertiary alicyclic amines) is 1. The van der Waals surface area contributed by atoms with E-state index in [-0.39, 0.29) is 47.9 Å². The Labute approximate surface area is 254 Å². The van der Waals surface area contributed by atoms with E-state index in [1.54, 1.807) is 72.3 Å². The van der Waals surface area contributed by atoms with Gasteiger partial charge in [-0.15, -0.1) is 0 Å². The molecule has 1 saturated heterocycles. The summed E-state index contributed by atoms with van der Waals surface area (Å²) in [6.45, 7) is 3.65. The van der Waals surface area contributed by atoms with Crippen LogP contribution in [0.3, 0.4) is 0 Å². The normalized spacial score (nSPS) is 16.3. The van der Waals surface area contributed by atoms with Crippen molar-refractivity contribution in [3.63, 3.8) is 0 Å². The van der Waals surface area contributed by atoms with Crippen LogP contribution >= 0.6 is 19.0 Å². The lowest BCUT2D eigenvalue weighted by atomic mass is 10.1. The molecule has 3 aromatic carbocycles. The van der Waals surface area contributed by atoms with Gasteiger partial charge in [-0.25, -0.2) is 4.39 Å². The highest BCUT2D eigenvalue weighted by molar-refractivity contribution is 7.74. The number of hydrogen-bond donors (Lipinski definition) is 1. The van der Waals surface area contributed by atoms with Crippen LogP contribution in [-0.2, 0) is 31.8 Å². The molecule has 0 aliphatic carbocycles. The fourth-order valence-electron chi connectivity index (χ4n) is 5.54. The number of rotatable bonds is 10. The average molecular weight is 624 g/mol. The second-order valence-electron chi connectivity index (χ2n) is 10.4. The van der Waals surface area contributed by atoms with Gasteiger partial charge in [0.15, 0.2) is 5.78 Å². The Kier molecular flexibility index (Phi) is 9.16. The summed E-state index contributed by atoms with van der Waals surface area (Å²) in [6, 6.07) is 17.9. The van der Waals surface area contributed by atoms with Crippen LogP contribution in [0, 0.1) is 5.82 Å². The number of benzene rings is 3. The van der Waals surface area contributed by atoms with Crippen LogP contribution in [0.15, 0.2) is 72.9 Å². The highest BCUT2D eigenvalue weighted by atomic mass is 35.5. The lowest BCUT2D eigenvalue weighted by Crippen LogP contribution is -2.46. The number of hydrogen-bond acceptors (Lipinski definition) is 5. The lowest BCUT2D eigenvalue weighted by Gasteiger charge is -2.24. The van der Waals surface area contributed by atoms with Crippen molar-refractivity contribution < 1.29 is 27.9 Å². The van der Waals surface area contributed by atoms with Crippen molar-refractivity contribution in [1.29, 1.82) is 0 Å². The van der Waals surface area contributed by atoms with Gasteiger partial charge in [-0.2, -0.15) is 0 Å². The highest BCUT2D eigenvalue weighted by Gasteiger charge is 2.35. The van der Waals surface area contributed by atoms with E-state index >= 15 is 0 Å². The molecule has 1 unspecified atom stereocenters. The predicted molar refractivity (Wildman–Crippen MR) is 165 cm³/mol. The summed E-state index contributed by atoms with van der Waals surface area (Å²) < 4.78 is 36.0. The molecule has 0 spiro atoms. The monoisotopic (exact) mass is 623 g/mol. The summed E-state index contributed by atoms with van der Waals surface area (Å²) in [7, 11) is -3.46. The molecule has 224 valence electrons. The van der Waals surface area contributed by atoms with Gasteiger partial charge in [0.1, 0.15) is 18.4 Å². The molecule has 5 rings (SSSR count). The van der Waals surface area contributed by atoms with Crippen molar-refractivity contribution >= 4 is 58.1 Å². The van der Waals surface area contributed by atoms with E-state index in [0.29, 0.717) is 46.5 Å². The molecule has 1 N–H and O–H groups in total. The van der Waals surface area contributed by atoms with Crippen molar-refractivity contribution in [3.05, 3.63) is 94.9 Å². The Morgan fingerprint density at radius 3 is 2.56 bits per heavy atom. The largest absolute Gasteiger partial charge is 0.350 e. The van der Waals surface area contributed by atoms with Gasteiger partial charge >= 0.3 is 0 Å². The minimum atomic E-state index is -3.46. The quantitative estimate of drug-likeness (QED) is 0.193. The molecule has 4 aromatic rings. The zero-order valence-corrected chi connectivity index (χ0v) is 25.5. The molecule has 0 bridgehead atoms. The second kappa shape index (κ2) is 12.8. The molecule has 0 radical (unpaired) electrons. The third-order valence-corrected chi connectivity index (χ3v) is 10.5. The SMILES string of the molecule is CCOP(=O)(c1ccccc1)c1ccc2c(C(C)=O)cn(CC(=O)N3CCC[C@H]3C(=O)NCc3cccc(Cl)c3F)c2c1. The fourth-order valence-corrected chi connectivity index (χ4v) is 7.82. The molecule has 11 heteroatoms. The molecule has 1 aromatic heterocycles. The van der Waals surface area contributed by atoms with Crippen LogP contribution in [0.2, 0.25) is 5.02 Å². The first-order valence-electron chi connectivity index (χ1n) is 14.1. The van der Waals surface area contributed by atoms with E-state index in [2.05, 4.69) is 5.32 Å². The fraction of sp³-hybridized carbons (Fsp3) is 0.281. The van der Waals surface area contributed by atoms with Crippen LogP contribution in [0.5, 0.6) is 0 Å². The van der Waals surface area contributed by atoms with Gasteiger partial charge in [0.05, 0.1) is 17.1 Å². The summed E-state index contributed by atoms with van der Waals surface area (Å²) in [5.41, 5.74) is 1.24. The van der Waals surface area contributed by atoms with E-state index in [9.17, 15) is 23.3 Å². The zero-order chi connectivity index (χ0) is 30.7. The Bertz CT molecular complexity index is 1740. The lowest BCUT2D eigenvalue weighted by molar-refractivity contribution is -0.138. The van der Waals surface area contributed by atoms with Gasteiger partial charge in [-0.05, 0) is 57.0 Å². The maximum absolute atomic E-state index is 14.3. The van der Waals surface area contributed by atoms with Crippen LogP contribution in [0.1, 0.15) is 42.6 Å². The van der Waals surface area contributed by atoms with Crippen molar-refractivity contribution in [2.24, 2.45) is 0 Å². The minimum absolute atomic E-state index is 0.0298. The van der Waals surface area contributed by atoms with Crippen LogP contribution in [-0.4, -0.2) is 46.3 Å². The number of carbonyl (C=O) groups is 3. The topological polar surface area (TPSA) is 97.7 Å². The van der Waals surface area contributed by atoms with Crippen LogP contribution in [0.4, 0.5) is 4.39 Å². The molecule has 1 aliphatic heterocycles. The van der Waals surface area contributed by atoms with Crippen LogP contribution < -0.4 is 15.9 Å². The van der Waals surface area contributed by atoms with Gasteiger partial charge in [0.2, 0.25) is 11.8 Å². The van der Waals surface area contributed by atoms with Crippen molar-refractivity contribution in [2.75, 3.05) is 13.2 Å². The zero-order valence-electron chi connectivity index (χ0n) is 23.9. The molecule has 43 heavy (non-hydrogen) atoms. The highest BCUT2D eigenvalue weighted by Crippen LogP contribution is 2.45. The first-order chi connectivity index (χ1) is 20.6. The van der Waals surface area contributed by atoms with E-state index < -0.39 is 19.2 Å². The molecule has 0 saturated carbocycles. The maximum Gasteiger partial charge on any atom is 0.261 e. The molecule has 8 nitrogen and oxygen atoms in total. The van der Waals surface area contributed by atoms with Crippen molar-refractivity contribution in [3.8, 4) is 0 Å². The standard InChI is InChI=1S/C32H32ClFN3O5P/c1-3-42-43(41,23-10-5-4-6-11-23)24-14-15-25-26(21(2)38)19-36(29(25)17-24)20-30(39)37-16-8-13-28(37)32(40)35-18-22-9-7-12-27(33)31(22)34/h4-7,9-12,14-15,17,19,28H,3,8,13,16,18,20H2,1-2H3,(H,35,40)/t28-,43?/m0/s1. The molecular weight excluding hydrogens is 592 g/mol. The first kappa shape index (κ1) is 30.7. The summed E-state index contributed by atoms with van der Waals surface area (Å²) in [5.74, 6) is -1.45. The molecule has 2 amide bonds. The molecular formula is C32H32ClFN3O5P. The smallest absolute Gasteiger partial charge is 0.261 e. The number of ketones is 1. The number of carbonyl (C=O) groups excluding carboxylic acids is 3. The summed E-state index contributed by atoms with van der Waals surface area (Å²) in [6.07, 6.45) is 2.73. The van der Waals surface area contributed by atoms with Crippen LogP contribution in [0.25, 0.3) is 10.9 Å². The Hall–Kier alpha value is -3.78. The summed E-state index contributed by atoms with van der Waals surface area (Å²) in [5, 5.41) is 4.31. The number of amides is 2. The molecule has 1 aliphatic rings. The predicted octanol–water partition coefficient (Wildman–Crippen LogP) is 5.21. The third kappa shape index (κ3) is 6.16. The van der Waals surface area contributed by atoms with E-state index in [4.69, 9.17) is 16.1 Å². The maximum atomic E-state index is 14.3. The van der Waals surface area contributed by atoms with Gasteiger partial charge in [-0.1, -0.05) is 48.0 Å². The number of halogens is 2. The molecule has 1 fully saturated rings. The molecule has 2 heterocycles. The summed E-state index contributed by atoms with van der Waals surface area (Å²) in [4.78, 5) is 40.7. The first-order valence-corrected chi connectivity index (χ1v) is 16.1. The second-order valence-corrected chi connectivity index (χ2v) is 13.2. The number of fused-ring (bicyclic) bond motifs is 1. The van der Waals surface area contributed by atoms with E-state index in [0.717, 1.165) is 0 Å². The Morgan fingerprint density at radius 2 is 1.84 bits per heavy atom. The van der Waals surface area contributed by atoms with Gasteiger partial charge in [0.25, 0.3) is 7.37 Å². The van der Waals surface area contributed by atoms with Crippen molar-refractivity contribution in [2.45, 2.75) is 45.8 Å². The minimum Gasteiger partial charge on any atom is -0.350 e. The van der Waals surface area contributed by atoms with Gasteiger partial charge in [0, 0.05) is 46.4 Å². The third-order valence-electron chi connectivity index (χ3n) is 7.66. The van der Waals surface area contributed by atoms with E-state index in [1.807, 2.05) is 6.07 Å². The van der Waals surface area contributed by atoms with Gasteiger partial charge in [-0.3, -0.25) is 18.9 Å². The van der Waals surface area contributed by atoms with E-state index in [1.165, 1.54) is 17.9 Å². The Morgan fingerprint density at radius 1 is 1.07 bits per heavy atom. The number of nitrogens with one attached hydrogen (secondary N) is 1. The van der Waals surface area contributed by atoms with Crippen molar-refractivity contribution in [1.82, 2.24) is 14.8 Å². The van der Waals surface area contributed by atoms with Gasteiger partial charge < -0.3 is 19.3 Å². The molecule has 2 atom stereocenters. The summed E-state index contributed by atoms with van der Waals surface area (Å²) >= 11 is 5.86. The number of aromatic nitrogens is 1. The average Bonchev–Trinajstić information content (AvgIpc) is 3.64.